The predicted molar refractivity (Wildman–Crippen MR) is 72.8 cm³/mol. The van der Waals surface area contributed by atoms with Crippen LogP contribution in [0.25, 0.3) is 0 Å². The molecule has 0 bridgehead atoms. The van der Waals surface area contributed by atoms with Crippen molar-refractivity contribution in [1.29, 1.82) is 0 Å². The number of aliphatic carboxylic acids is 1. The van der Waals surface area contributed by atoms with Gasteiger partial charge in [-0.05, 0) is 56.1 Å². The highest BCUT2D eigenvalue weighted by Crippen LogP contribution is 2.41. The Balaban J connectivity index is 2.37. The Hall–Kier alpha value is -1.31. The molecule has 0 heterocycles. The third-order valence-electron chi connectivity index (χ3n) is 4.26. The second-order valence-electron chi connectivity index (χ2n) is 5.83. The molecule has 0 amide bonds. The smallest absolute Gasteiger partial charge is 0.307 e. The van der Waals surface area contributed by atoms with Crippen molar-refractivity contribution >= 4 is 5.97 Å². The maximum Gasteiger partial charge on any atom is 0.307 e. The molecule has 0 saturated heterocycles. The van der Waals surface area contributed by atoms with E-state index in [1.807, 2.05) is 0 Å². The van der Waals surface area contributed by atoms with E-state index in [1.165, 1.54) is 16.7 Å². The molecule has 1 aromatic carbocycles. The number of aryl methyl sites for hydroxylation is 2. The molecule has 18 heavy (non-hydrogen) atoms. The summed E-state index contributed by atoms with van der Waals surface area (Å²) in [6.45, 7) is 6.40. The van der Waals surface area contributed by atoms with E-state index in [1.54, 1.807) is 0 Å². The van der Waals surface area contributed by atoms with Crippen LogP contribution < -0.4 is 0 Å². The molecule has 3 atom stereocenters. The summed E-state index contributed by atoms with van der Waals surface area (Å²) in [6, 6.07) is 6.39. The minimum Gasteiger partial charge on any atom is -0.481 e. The SMILES string of the molecule is Cc1ccc(C)c(C2CC(C)CCC2C(=O)O)c1. The first-order valence-electron chi connectivity index (χ1n) is 6.79. The fourth-order valence-electron chi connectivity index (χ4n) is 3.18. The zero-order valence-corrected chi connectivity index (χ0v) is 11.4. The average Bonchev–Trinajstić information content (AvgIpc) is 2.31. The Morgan fingerprint density at radius 1 is 1.28 bits per heavy atom. The van der Waals surface area contributed by atoms with E-state index in [-0.39, 0.29) is 11.8 Å². The van der Waals surface area contributed by atoms with E-state index >= 15 is 0 Å². The van der Waals surface area contributed by atoms with Crippen LogP contribution in [-0.2, 0) is 4.79 Å². The van der Waals surface area contributed by atoms with Crippen molar-refractivity contribution in [3.8, 4) is 0 Å². The molecule has 0 aromatic heterocycles. The van der Waals surface area contributed by atoms with Crippen molar-refractivity contribution < 1.29 is 9.90 Å². The minimum absolute atomic E-state index is 0.186. The Kier molecular flexibility index (Phi) is 3.74. The van der Waals surface area contributed by atoms with Gasteiger partial charge in [-0.15, -0.1) is 0 Å². The molecule has 2 rings (SSSR count). The number of rotatable bonds is 2. The van der Waals surface area contributed by atoms with Gasteiger partial charge in [0.1, 0.15) is 0 Å². The van der Waals surface area contributed by atoms with Crippen molar-refractivity contribution in [2.75, 3.05) is 0 Å². The highest BCUT2D eigenvalue weighted by Gasteiger charge is 2.35. The summed E-state index contributed by atoms with van der Waals surface area (Å²) >= 11 is 0. The highest BCUT2D eigenvalue weighted by molar-refractivity contribution is 5.71. The molecule has 3 unspecified atom stereocenters. The van der Waals surface area contributed by atoms with Gasteiger partial charge in [-0.1, -0.05) is 30.7 Å². The van der Waals surface area contributed by atoms with Crippen molar-refractivity contribution in [2.45, 2.75) is 46.0 Å². The lowest BCUT2D eigenvalue weighted by Crippen LogP contribution is -2.29. The number of carboxylic acids is 1. The lowest BCUT2D eigenvalue weighted by Gasteiger charge is -2.33. The van der Waals surface area contributed by atoms with Crippen LogP contribution >= 0.6 is 0 Å². The molecule has 1 aliphatic carbocycles. The monoisotopic (exact) mass is 246 g/mol. The van der Waals surface area contributed by atoms with E-state index in [9.17, 15) is 9.90 Å². The molecule has 1 fully saturated rings. The second kappa shape index (κ2) is 5.13. The van der Waals surface area contributed by atoms with Crippen molar-refractivity contribution in [1.82, 2.24) is 0 Å². The summed E-state index contributed by atoms with van der Waals surface area (Å²) in [4.78, 5) is 11.4. The summed E-state index contributed by atoms with van der Waals surface area (Å²) in [6.07, 6.45) is 2.86. The van der Waals surface area contributed by atoms with Gasteiger partial charge in [-0.25, -0.2) is 0 Å². The Bertz CT molecular complexity index is 450. The Morgan fingerprint density at radius 3 is 2.67 bits per heavy atom. The van der Waals surface area contributed by atoms with E-state index in [4.69, 9.17) is 0 Å². The molecule has 98 valence electrons. The van der Waals surface area contributed by atoms with Gasteiger partial charge in [0.15, 0.2) is 0 Å². The van der Waals surface area contributed by atoms with Gasteiger partial charge < -0.3 is 5.11 Å². The molecular formula is C16H22O2. The first-order chi connectivity index (χ1) is 8.49. The van der Waals surface area contributed by atoms with Crippen LogP contribution in [0.3, 0.4) is 0 Å². The predicted octanol–water partition coefficient (Wildman–Crippen LogP) is 3.91. The maximum absolute atomic E-state index is 11.4. The zero-order chi connectivity index (χ0) is 13.3. The van der Waals surface area contributed by atoms with Gasteiger partial charge in [-0.3, -0.25) is 4.79 Å². The van der Waals surface area contributed by atoms with E-state index < -0.39 is 5.97 Å². The number of hydrogen-bond donors (Lipinski definition) is 1. The molecule has 0 radical (unpaired) electrons. The minimum atomic E-state index is -0.632. The van der Waals surface area contributed by atoms with Gasteiger partial charge in [0, 0.05) is 0 Å². The molecule has 0 spiro atoms. The zero-order valence-electron chi connectivity index (χ0n) is 11.4. The Labute approximate surface area is 109 Å². The quantitative estimate of drug-likeness (QED) is 0.859. The second-order valence-corrected chi connectivity index (χ2v) is 5.83. The average molecular weight is 246 g/mol. The van der Waals surface area contributed by atoms with Crippen LogP contribution in [0.5, 0.6) is 0 Å². The van der Waals surface area contributed by atoms with Crippen LogP contribution in [0.1, 0.15) is 48.8 Å². The van der Waals surface area contributed by atoms with Crippen LogP contribution in [-0.4, -0.2) is 11.1 Å². The van der Waals surface area contributed by atoms with Crippen molar-refractivity contribution in [3.63, 3.8) is 0 Å². The number of hydrogen-bond acceptors (Lipinski definition) is 1. The van der Waals surface area contributed by atoms with Gasteiger partial charge in [0.2, 0.25) is 0 Å². The fraction of sp³-hybridized carbons (Fsp3) is 0.562. The van der Waals surface area contributed by atoms with E-state index in [0.29, 0.717) is 5.92 Å². The first kappa shape index (κ1) is 13.1. The molecular weight excluding hydrogens is 224 g/mol. The van der Waals surface area contributed by atoms with Crippen LogP contribution in [0, 0.1) is 25.7 Å². The molecule has 2 heteroatoms. The van der Waals surface area contributed by atoms with Crippen LogP contribution in [0.4, 0.5) is 0 Å². The highest BCUT2D eigenvalue weighted by atomic mass is 16.4. The maximum atomic E-state index is 11.4. The van der Waals surface area contributed by atoms with Gasteiger partial charge in [0.25, 0.3) is 0 Å². The fourth-order valence-corrected chi connectivity index (χ4v) is 3.18. The standard InChI is InChI=1S/C16H22O2/c1-10-4-6-12(3)14(8-10)15-9-11(2)5-7-13(15)16(17)18/h4,6,8,11,13,15H,5,7,9H2,1-3H3,(H,17,18). The summed E-state index contributed by atoms with van der Waals surface area (Å²) in [5, 5.41) is 9.42. The van der Waals surface area contributed by atoms with Crippen LogP contribution in [0.15, 0.2) is 18.2 Å². The molecule has 1 N–H and O–H groups in total. The van der Waals surface area contributed by atoms with E-state index in [0.717, 1.165) is 19.3 Å². The van der Waals surface area contributed by atoms with Gasteiger partial charge >= 0.3 is 5.97 Å². The molecule has 1 aliphatic rings. The third kappa shape index (κ3) is 2.58. The van der Waals surface area contributed by atoms with Gasteiger partial charge in [0.05, 0.1) is 5.92 Å². The van der Waals surface area contributed by atoms with Crippen molar-refractivity contribution in [2.24, 2.45) is 11.8 Å². The third-order valence-corrected chi connectivity index (χ3v) is 4.26. The van der Waals surface area contributed by atoms with Crippen LogP contribution in [0.2, 0.25) is 0 Å². The molecule has 1 saturated carbocycles. The molecule has 0 aliphatic heterocycles. The number of benzene rings is 1. The van der Waals surface area contributed by atoms with Gasteiger partial charge in [-0.2, -0.15) is 0 Å². The van der Waals surface area contributed by atoms with E-state index in [2.05, 4.69) is 39.0 Å². The number of carboxylic acid groups (broad SMARTS) is 1. The van der Waals surface area contributed by atoms with Crippen molar-refractivity contribution in [3.05, 3.63) is 34.9 Å². The first-order valence-corrected chi connectivity index (χ1v) is 6.79. The molecule has 2 nitrogen and oxygen atoms in total. The normalized spacial score (nSPS) is 28.1. The summed E-state index contributed by atoms with van der Waals surface area (Å²) in [7, 11) is 0. The lowest BCUT2D eigenvalue weighted by molar-refractivity contribution is -0.143. The topological polar surface area (TPSA) is 37.3 Å². The lowest BCUT2D eigenvalue weighted by atomic mass is 9.70. The summed E-state index contributed by atoms with van der Waals surface area (Å²) in [5.74, 6) is -0.0221. The molecule has 1 aromatic rings. The number of carbonyl (C=O) groups is 1. The largest absolute Gasteiger partial charge is 0.481 e. The summed E-state index contributed by atoms with van der Waals surface area (Å²) < 4.78 is 0. The Morgan fingerprint density at radius 2 is 2.00 bits per heavy atom. The summed E-state index contributed by atoms with van der Waals surface area (Å²) in [5.41, 5.74) is 3.69.